The summed E-state index contributed by atoms with van der Waals surface area (Å²) in [5.41, 5.74) is 3.16. The van der Waals surface area contributed by atoms with Gasteiger partial charge in [0.15, 0.2) is 10.8 Å². The van der Waals surface area contributed by atoms with Crippen molar-refractivity contribution in [1.29, 1.82) is 0 Å². The molecule has 1 amide bonds. The summed E-state index contributed by atoms with van der Waals surface area (Å²) in [5, 5.41) is 4.07. The van der Waals surface area contributed by atoms with Gasteiger partial charge in [0, 0.05) is 40.3 Å². The smallest absolute Gasteiger partial charge is 0.322 e. The average Bonchev–Trinajstić information content (AvgIpc) is 2.79. The molecule has 3 aromatic heterocycles. The van der Waals surface area contributed by atoms with E-state index in [1.807, 2.05) is 32.2 Å². The van der Waals surface area contributed by atoms with Crippen LogP contribution in [0.5, 0.6) is 0 Å². The predicted molar refractivity (Wildman–Crippen MR) is 121 cm³/mol. The number of rotatable bonds is 4. The zero-order valence-electron chi connectivity index (χ0n) is 17.9. The van der Waals surface area contributed by atoms with Gasteiger partial charge in [-0.3, -0.25) is 9.78 Å². The lowest BCUT2D eigenvalue weighted by Gasteiger charge is -2.13. The highest BCUT2D eigenvalue weighted by atomic mass is 32.2. The van der Waals surface area contributed by atoms with E-state index in [0.29, 0.717) is 16.5 Å². The number of aromatic nitrogens is 4. The van der Waals surface area contributed by atoms with E-state index in [4.69, 9.17) is 0 Å². The van der Waals surface area contributed by atoms with Crippen molar-refractivity contribution in [2.45, 2.75) is 25.2 Å². The maximum Gasteiger partial charge on any atom is 0.433 e. The Morgan fingerprint density at radius 2 is 1.79 bits per heavy atom. The second kappa shape index (κ2) is 8.78. The van der Waals surface area contributed by atoms with E-state index in [1.54, 1.807) is 18.3 Å². The molecule has 0 saturated heterocycles. The molecule has 0 fully saturated rings. The van der Waals surface area contributed by atoms with Crippen molar-refractivity contribution in [3.05, 3.63) is 71.3 Å². The third-order valence-corrected chi connectivity index (χ3v) is 5.58. The molecule has 0 atom stereocenters. The SMILES string of the molecule is CSc1ncc2cc(-c3cc(NC(=O)c4ccnc(C(F)(F)F)c4)ccc3C)c(C)nc2n1. The number of hydrogen-bond donors (Lipinski definition) is 1. The summed E-state index contributed by atoms with van der Waals surface area (Å²) < 4.78 is 38.8. The average molecular weight is 469 g/mol. The minimum absolute atomic E-state index is 0.134. The summed E-state index contributed by atoms with van der Waals surface area (Å²) in [5.74, 6) is -0.663. The number of hydrogen-bond acceptors (Lipinski definition) is 6. The topological polar surface area (TPSA) is 80.7 Å². The Morgan fingerprint density at radius 3 is 2.52 bits per heavy atom. The van der Waals surface area contributed by atoms with Crippen LogP contribution in [-0.2, 0) is 6.18 Å². The van der Waals surface area contributed by atoms with E-state index < -0.39 is 17.8 Å². The fourth-order valence-corrected chi connectivity index (χ4v) is 3.66. The van der Waals surface area contributed by atoms with Crippen LogP contribution in [-0.4, -0.2) is 32.1 Å². The van der Waals surface area contributed by atoms with Crippen molar-refractivity contribution in [2.24, 2.45) is 0 Å². The lowest BCUT2D eigenvalue weighted by atomic mass is 9.98. The summed E-state index contributed by atoms with van der Waals surface area (Å²) >= 11 is 1.43. The Morgan fingerprint density at radius 1 is 1.00 bits per heavy atom. The lowest BCUT2D eigenvalue weighted by Crippen LogP contribution is -2.15. The number of fused-ring (bicyclic) bond motifs is 1. The van der Waals surface area contributed by atoms with Gasteiger partial charge in [0.25, 0.3) is 5.91 Å². The van der Waals surface area contributed by atoms with Crippen LogP contribution in [0.2, 0.25) is 0 Å². The standard InChI is InChI=1S/C23H18F3N5OS/c1-12-4-5-16(30-21(32)14-6-7-27-19(9-14)23(24,25)26)10-17(12)18-8-15-11-28-22(33-3)31-20(15)29-13(18)2/h4-11H,1-3H3,(H,30,32). The van der Waals surface area contributed by atoms with Crippen LogP contribution in [0.3, 0.4) is 0 Å². The van der Waals surface area contributed by atoms with Crippen molar-refractivity contribution in [2.75, 3.05) is 11.6 Å². The third kappa shape index (κ3) is 4.80. The molecule has 4 aromatic rings. The number of carbonyl (C=O) groups is 1. The molecule has 0 radical (unpaired) electrons. The molecular weight excluding hydrogens is 451 g/mol. The summed E-state index contributed by atoms with van der Waals surface area (Å²) in [4.78, 5) is 29.2. The van der Waals surface area contributed by atoms with Gasteiger partial charge < -0.3 is 5.32 Å². The molecule has 0 aliphatic heterocycles. The molecule has 1 N–H and O–H groups in total. The predicted octanol–water partition coefficient (Wildman–Crippen LogP) is 5.70. The fourth-order valence-electron chi connectivity index (χ4n) is 3.33. The molecule has 10 heteroatoms. The van der Waals surface area contributed by atoms with Crippen LogP contribution in [0.1, 0.15) is 27.3 Å². The summed E-state index contributed by atoms with van der Waals surface area (Å²) in [6.45, 7) is 3.80. The zero-order chi connectivity index (χ0) is 23.8. The molecule has 1 aromatic carbocycles. The highest BCUT2D eigenvalue weighted by molar-refractivity contribution is 7.98. The molecule has 0 unspecified atom stereocenters. The summed E-state index contributed by atoms with van der Waals surface area (Å²) in [6, 6.07) is 9.20. The van der Waals surface area contributed by atoms with Gasteiger partial charge in [-0.2, -0.15) is 13.2 Å². The first-order valence-electron chi connectivity index (χ1n) is 9.79. The number of aryl methyl sites for hydroxylation is 2. The normalized spacial score (nSPS) is 11.6. The van der Waals surface area contributed by atoms with Gasteiger partial charge in [0.2, 0.25) is 0 Å². The molecule has 0 aliphatic rings. The Balaban J connectivity index is 1.68. The molecule has 0 spiro atoms. The Hall–Kier alpha value is -3.53. The van der Waals surface area contributed by atoms with Gasteiger partial charge in [0.05, 0.1) is 0 Å². The van der Waals surface area contributed by atoms with Crippen LogP contribution in [0, 0.1) is 13.8 Å². The summed E-state index contributed by atoms with van der Waals surface area (Å²) in [7, 11) is 0. The minimum Gasteiger partial charge on any atom is -0.322 e. The van der Waals surface area contributed by atoms with E-state index in [0.717, 1.165) is 40.0 Å². The Kier molecular flexibility index (Phi) is 6.03. The molecule has 0 aliphatic carbocycles. The number of amides is 1. The number of halogens is 3. The van der Waals surface area contributed by atoms with E-state index in [-0.39, 0.29) is 5.56 Å². The number of benzene rings is 1. The monoisotopic (exact) mass is 469 g/mol. The van der Waals surface area contributed by atoms with Crippen molar-refractivity contribution < 1.29 is 18.0 Å². The first-order chi connectivity index (χ1) is 15.7. The van der Waals surface area contributed by atoms with E-state index in [1.165, 1.54) is 17.8 Å². The number of pyridine rings is 2. The second-order valence-corrected chi connectivity index (χ2v) is 8.08. The van der Waals surface area contributed by atoms with Crippen LogP contribution in [0.4, 0.5) is 18.9 Å². The number of anilines is 1. The van der Waals surface area contributed by atoms with Crippen molar-refractivity contribution >= 4 is 34.4 Å². The van der Waals surface area contributed by atoms with Crippen LogP contribution in [0.15, 0.2) is 53.9 Å². The number of carbonyl (C=O) groups excluding carboxylic acids is 1. The van der Waals surface area contributed by atoms with E-state index in [2.05, 4.69) is 25.3 Å². The number of nitrogens with one attached hydrogen (secondary N) is 1. The van der Waals surface area contributed by atoms with Crippen LogP contribution >= 0.6 is 11.8 Å². The van der Waals surface area contributed by atoms with Gasteiger partial charge in [-0.1, -0.05) is 17.8 Å². The fraction of sp³-hybridized carbons (Fsp3) is 0.174. The summed E-state index contributed by atoms with van der Waals surface area (Å²) in [6.07, 6.45) is -0.0602. The lowest BCUT2D eigenvalue weighted by molar-refractivity contribution is -0.141. The molecule has 3 heterocycles. The number of thioether (sulfide) groups is 1. The molecule has 6 nitrogen and oxygen atoms in total. The molecule has 168 valence electrons. The second-order valence-electron chi connectivity index (χ2n) is 7.30. The molecular formula is C23H18F3N5OS. The van der Waals surface area contributed by atoms with Gasteiger partial charge in [-0.15, -0.1) is 0 Å². The maximum atomic E-state index is 12.9. The number of nitrogens with zero attached hydrogens (tertiary/aromatic N) is 4. The zero-order valence-corrected chi connectivity index (χ0v) is 18.7. The van der Waals surface area contributed by atoms with Gasteiger partial charge >= 0.3 is 6.18 Å². The molecule has 0 bridgehead atoms. The first-order valence-corrected chi connectivity index (χ1v) is 11.0. The van der Waals surface area contributed by atoms with Crippen molar-refractivity contribution in [3.8, 4) is 11.1 Å². The van der Waals surface area contributed by atoms with Crippen molar-refractivity contribution in [3.63, 3.8) is 0 Å². The molecule has 0 saturated carbocycles. The highest BCUT2D eigenvalue weighted by Gasteiger charge is 2.33. The van der Waals surface area contributed by atoms with Gasteiger partial charge in [-0.05, 0) is 61.6 Å². The van der Waals surface area contributed by atoms with E-state index in [9.17, 15) is 18.0 Å². The Labute approximate surface area is 191 Å². The quantitative estimate of drug-likeness (QED) is 0.305. The Bertz CT molecular complexity index is 1370. The minimum atomic E-state index is -4.63. The van der Waals surface area contributed by atoms with Gasteiger partial charge in [0.1, 0.15) is 5.69 Å². The highest BCUT2D eigenvalue weighted by Crippen LogP contribution is 2.31. The van der Waals surface area contributed by atoms with Crippen LogP contribution < -0.4 is 5.32 Å². The van der Waals surface area contributed by atoms with Gasteiger partial charge in [-0.25, -0.2) is 15.0 Å². The maximum absolute atomic E-state index is 12.9. The van der Waals surface area contributed by atoms with Crippen LogP contribution in [0.25, 0.3) is 22.2 Å². The first kappa shape index (κ1) is 22.7. The molecule has 4 rings (SSSR count). The van der Waals surface area contributed by atoms with Crippen molar-refractivity contribution in [1.82, 2.24) is 19.9 Å². The number of alkyl halides is 3. The van der Waals surface area contributed by atoms with E-state index >= 15 is 0 Å². The molecule has 33 heavy (non-hydrogen) atoms. The third-order valence-electron chi connectivity index (χ3n) is 5.02. The largest absolute Gasteiger partial charge is 0.433 e.